The van der Waals surface area contributed by atoms with Crippen molar-refractivity contribution in [3.8, 4) is 11.5 Å². The first kappa shape index (κ1) is 27.5. The number of anilines is 2. The van der Waals surface area contributed by atoms with Gasteiger partial charge < -0.3 is 19.7 Å². The fourth-order valence-corrected chi connectivity index (χ4v) is 5.49. The third kappa shape index (κ3) is 7.10. The molecule has 4 aromatic heterocycles. The van der Waals surface area contributed by atoms with Crippen LogP contribution in [0.25, 0.3) is 0 Å². The minimum absolute atomic E-state index is 0.128. The molecule has 1 aliphatic heterocycles. The van der Waals surface area contributed by atoms with Crippen molar-refractivity contribution in [2.45, 2.75) is 42.5 Å². The topological polar surface area (TPSA) is 132 Å². The summed E-state index contributed by atoms with van der Waals surface area (Å²) in [5.41, 5.74) is 0.757. The molecule has 11 nitrogen and oxygen atoms in total. The third-order valence-electron chi connectivity index (χ3n) is 6.14. The Hall–Kier alpha value is -4.10. The normalized spacial score (nSPS) is 13.6. The number of amides is 1. The predicted molar refractivity (Wildman–Crippen MR) is 150 cm³/mol. The van der Waals surface area contributed by atoms with Gasteiger partial charge in [-0.3, -0.25) is 14.6 Å². The van der Waals surface area contributed by atoms with Crippen LogP contribution < -0.4 is 10.1 Å². The van der Waals surface area contributed by atoms with Gasteiger partial charge in [0.2, 0.25) is 5.13 Å². The number of hydrogen-bond donors (Lipinski definition) is 1. The summed E-state index contributed by atoms with van der Waals surface area (Å²) >= 11 is 2.73. The van der Waals surface area contributed by atoms with Crippen LogP contribution >= 0.6 is 23.3 Å². The molecule has 1 N–H and O–H groups in total. The van der Waals surface area contributed by atoms with E-state index in [1.807, 2.05) is 43.3 Å². The molecule has 0 bridgehead atoms. The number of ether oxygens (including phenoxy) is 2. The van der Waals surface area contributed by atoms with E-state index < -0.39 is 5.97 Å². The minimum atomic E-state index is -0.463. The zero-order valence-electron chi connectivity index (χ0n) is 21.9. The van der Waals surface area contributed by atoms with Crippen molar-refractivity contribution in [3.63, 3.8) is 0 Å². The molecule has 5 rings (SSSR count). The van der Waals surface area contributed by atoms with E-state index in [1.165, 1.54) is 30.2 Å². The summed E-state index contributed by atoms with van der Waals surface area (Å²) in [6, 6.07) is 11.3. The lowest BCUT2D eigenvalue weighted by atomic mass is 9.96. The number of nitrogens with zero attached hydrogens (tertiary/aromatic N) is 6. The molecular weight excluding hydrogens is 550 g/mol. The Morgan fingerprint density at radius 2 is 1.93 bits per heavy atom. The molecule has 0 spiro atoms. The van der Waals surface area contributed by atoms with Crippen LogP contribution in [0.3, 0.4) is 0 Å². The highest BCUT2D eigenvalue weighted by molar-refractivity contribution is 7.99. The first-order valence-corrected chi connectivity index (χ1v) is 14.2. The highest BCUT2D eigenvalue weighted by Crippen LogP contribution is 2.37. The lowest BCUT2D eigenvalue weighted by Crippen LogP contribution is -2.40. The van der Waals surface area contributed by atoms with Gasteiger partial charge in [0.15, 0.2) is 18.2 Å². The smallest absolute Gasteiger partial charge is 0.303 e. The quantitative estimate of drug-likeness (QED) is 0.270. The summed E-state index contributed by atoms with van der Waals surface area (Å²) in [5.74, 6) is 1.86. The van der Waals surface area contributed by atoms with Gasteiger partial charge >= 0.3 is 5.97 Å². The van der Waals surface area contributed by atoms with Crippen LogP contribution in [0.4, 0.5) is 10.9 Å². The standard InChI is InChI=1S/C27H27N7O4S2/c1-17-21(6-5-11-28-17)38-22-14-20(39-23-7-3-4-10-29-23)15-30-26(22)32-27-31-25(33-40-27)19-8-12-34(13-9-19)24(36)16-37-18(2)35/h3-7,10-11,14-15,19H,8-9,12-13,16H2,1-2H3,(H,30,31,32,33). The molecule has 0 atom stereocenters. The van der Waals surface area contributed by atoms with E-state index in [4.69, 9.17) is 14.5 Å². The summed E-state index contributed by atoms with van der Waals surface area (Å²) in [6.45, 7) is 4.07. The van der Waals surface area contributed by atoms with Crippen molar-refractivity contribution in [2.75, 3.05) is 25.0 Å². The third-order valence-corrected chi connectivity index (χ3v) is 7.70. The maximum atomic E-state index is 12.2. The maximum Gasteiger partial charge on any atom is 0.303 e. The molecule has 5 heterocycles. The number of carbonyl (C=O) groups excluding carboxylic acids is 2. The van der Waals surface area contributed by atoms with E-state index in [9.17, 15) is 9.59 Å². The molecule has 40 heavy (non-hydrogen) atoms. The van der Waals surface area contributed by atoms with Gasteiger partial charge in [-0.2, -0.15) is 4.37 Å². The van der Waals surface area contributed by atoms with E-state index in [1.54, 1.807) is 23.5 Å². The average Bonchev–Trinajstić information content (AvgIpc) is 3.43. The first-order chi connectivity index (χ1) is 19.4. The molecule has 1 fully saturated rings. The molecule has 1 amide bonds. The number of aryl methyl sites for hydroxylation is 1. The largest absolute Gasteiger partial charge is 0.456 e. The van der Waals surface area contributed by atoms with Gasteiger partial charge in [-0.15, -0.1) is 0 Å². The van der Waals surface area contributed by atoms with E-state index in [0.717, 1.165) is 34.3 Å². The predicted octanol–water partition coefficient (Wildman–Crippen LogP) is 4.99. The molecule has 0 saturated carbocycles. The molecule has 0 aromatic carbocycles. The van der Waals surface area contributed by atoms with Gasteiger partial charge in [-0.05, 0) is 44.0 Å². The van der Waals surface area contributed by atoms with Crippen LogP contribution in [0.15, 0.2) is 64.9 Å². The second-order valence-electron chi connectivity index (χ2n) is 8.99. The van der Waals surface area contributed by atoms with E-state index in [0.29, 0.717) is 35.5 Å². The van der Waals surface area contributed by atoms with Gasteiger partial charge in [-0.1, -0.05) is 17.8 Å². The van der Waals surface area contributed by atoms with Gasteiger partial charge in [0.1, 0.15) is 16.6 Å². The summed E-state index contributed by atoms with van der Waals surface area (Å²) in [4.78, 5) is 43.9. The second kappa shape index (κ2) is 12.8. The monoisotopic (exact) mass is 577 g/mol. The minimum Gasteiger partial charge on any atom is -0.456 e. The van der Waals surface area contributed by atoms with Gasteiger partial charge in [0, 0.05) is 67.0 Å². The van der Waals surface area contributed by atoms with Gasteiger partial charge in [0.05, 0.1) is 5.69 Å². The van der Waals surface area contributed by atoms with Crippen molar-refractivity contribution in [1.82, 2.24) is 29.2 Å². The fraction of sp³-hybridized carbons (Fsp3) is 0.296. The van der Waals surface area contributed by atoms with Crippen molar-refractivity contribution in [2.24, 2.45) is 0 Å². The van der Waals surface area contributed by atoms with Crippen LogP contribution in [0.5, 0.6) is 11.5 Å². The highest BCUT2D eigenvalue weighted by Gasteiger charge is 2.27. The Morgan fingerprint density at radius 1 is 1.10 bits per heavy atom. The fourth-order valence-electron chi connectivity index (χ4n) is 4.07. The van der Waals surface area contributed by atoms with Gasteiger partial charge in [0.25, 0.3) is 5.91 Å². The molecule has 4 aromatic rings. The number of piperidine rings is 1. The molecule has 0 unspecified atom stereocenters. The lowest BCUT2D eigenvalue weighted by molar-refractivity contribution is -0.150. The van der Waals surface area contributed by atoms with Crippen molar-refractivity contribution in [3.05, 3.63) is 66.5 Å². The van der Waals surface area contributed by atoms with Crippen LogP contribution in [-0.4, -0.2) is 60.8 Å². The van der Waals surface area contributed by atoms with Crippen LogP contribution in [-0.2, 0) is 14.3 Å². The Balaban J connectivity index is 1.29. The number of rotatable bonds is 9. The van der Waals surface area contributed by atoms with Crippen molar-refractivity contribution in [1.29, 1.82) is 0 Å². The van der Waals surface area contributed by atoms with Gasteiger partial charge in [-0.25, -0.2) is 15.0 Å². The number of nitrogens with one attached hydrogen (secondary N) is 1. The van der Waals surface area contributed by atoms with E-state index >= 15 is 0 Å². The lowest BCUT2D eigenvalue weighted by Gasteiger charge is -2.30. The van der Waals surface area contributed by atoms with Crippen LogP contribution in [0.1, 0.15) is 37.2 Å². The Labute approximate surface area is 239 Å². The molecule has 206 valence electrons. The molecule has 0 radical (unpaired) electrons. The Bertz CT molecular complexity index is 1480. The summed E-state index contributed by atoms with van der Waals surface area (Å²) < 4.78 is 15.7. The van der Waals surface area contributed by atoms with E-state index in [2.05, 4.69) is 24.6 Å². The summed E-state index contributed by atoms with van der Waals surface area (Å²) in [7, 11) is 0. The first-order valence-electron chi connectivity index (χ1n) is 12.6. The van der Waals surface area contributed by atoms with E-state index in [-0.39, 0.29) is 18.4 Å². The molecule has 13 heteroatoms. The number of likely N-dealkylation sites (tertiary alicyclic amines) is 1. The summed E-state index contributed by atoms with van der Waals surface area (Å²) in [6.07, 6.45) is 6.69. The molecular formula is C27H27N7O4S2. The van der Waals surface area contributed by atoms with Crippen molar-refractivity contribution < 1.29 is 19.1 Å². The molecule has 0 aliphatic carbocycles. The Kier molecular flexibility index (Phi) is 8.81. The van der Waals surface area contributed by atoms with Crippen molar-refractivity contribution >= 4 is 46.1 Å². The van der Waals surface area contributed by atoms with Crippen LogP contribution in [0.2, 0.25) is 0 Å². The number of carbonyl (C=O) groups is 2. The second-order valence-corrected chi connectivity index (χ2v) is 10.8. The Morgan fingerprint density at radius 3 is 2.67 bits per heavy atom. The SMILES string of the molecule is CC(=O)OCC(=O)N1CCC(c2nsc(Nc3ncc(Sc4ccccn4)cc3Oc3cccnc3C)n2)CC1. The zero-order chi connectivity index (χ0) is 27.9. The molecule has 1 saturated heterocycles. The molecule has 1 aliphatic rings. The number of pyridine rings is 3. The number of esters is 1. The average molecular weight is 578 g/mol. The number of aromatic nitrogens is 5. The highest BCUT2D eigenvalue weighted by atomic mass is 32.2. The maximum absolute atomic E-state index is 12.2. The number of hydrogen-bond acceptors (Lipinski definition) is 12. The zero-order valence-corrected chi connectivity index (χ0v) is 23.6. The van der Waals surface area contributed by atoms with Crippen LogP contribution in [0, 0.1) is 6.92 Å². The summed E-state index contributed by atoms with van der Waals surface area (Å²) in [5, 5.41) is 4.71.